The maximum atomic E-state index is 12.1. The van der Waals surface area contributed by atoms with Crippen molar-refractivity contribution >= 4 is 34.7 Å². The fourth-order valence-electron chi connectivity index (χ4n) is 2.13. The Hall–Kier alpha value is -1.76. The van der Waals surface area contributed by atoms with Crippen LogP contribution in [-0.2, 0) is 0 Å². The smallest absolute Gasteiger partial charge is 0.319 e. The molecule has 0 aliphatic rings. The number of methoxy groups -OCH3 is 1. The van der Waals surface area contributed by atoms with E-state index in [4.69, 9.17) is 16.3 Å². The molecule has 0 saturated heterocycles. The summed E-state index contributed by atoms with van der Waals surface area (Å²) in [5, 5.41) is 8.14. The van der Waals surface area contributed by atoms with E-state index in [0.717, 1.165) is 0 Å². The van der Waals surface area contributed by atoms with Crippen LogP contribution in [0.4, 0.5) is 10.5 Å². The third-order valence-electron chi connectivity index (χ3n) is 3.36. The summed E-state index contributed by atoms with van der Waals surface area (Å²) in [6, 6.07) is 9.06. The fourth-order valence-corrected chi connectivity index (χ4v) is 3.31. The van der Waals surface area contributed by atoms with Gasteiger partial charge in [-0.1, -0.05) is 17.7 Å². The number of halogens is 1. The molecule has 0 fully saturated rings. The topological polar surface area (TPSA) is 53.6 Å². The lowest BCUT2D eigenvalue weighted by atomic mass is 10.2. The van der Waals surface area contributed by atoms with Crippen LogP contribution in [0.15, 0.2) is 35.7 Å². The molecule has 23 heavy (non-hydrogen) atoms. The summed E-state index contributed by atoms with van der Waals surface area (Å²) >= 11 is 7.72. The van der Waals surface area contributed by atoms with Crippen molar-refractivity contribution in [3.05, 3.63) is 45.6 Å². The van der Waals surface area contributed by atoms with Gasteiger partial charge < -0.3 is 20.3 Å². The summed E-state index contributed by atoms with van der Waals surface area (Å²) in [6.07, 6.45) is 0. The van der Waals surface area contributed by atoms with E-state index in [2.05, 4.69) is 21.6 Å². The van der Waals surface area contributed by atoms with Gasteiger partial charge in [0, 0.05) is 17.1 Å². The van der Waals surface area contributed by atoms with Crippen LogP contribution in [0.3, 0.4) is 0 Å². The molecule has 0 saturated carbocycles. The Labute approximate surface area is 145 Å². The van der Waals surface area contributed by atoms with Gasteiger partial charge in [0.2, 0.25) is 0 Å². The van der Waals surface area contributed by atoms with Crippen molar-refractivity contribution in [3.8, 4) is 5.75 Å². The number of hydrogen-bond donors (Lipinski definition) is 2. The standard InChI is InChI=1S/C16H20ClN3O2S/c1-20(2)13(15-5-4-8-23-15)10-18-16(21)19-11-6-7-14(22-3)12(17)9-11/h4-9,13H,10H2,1-3H3,(H2,18,19,21). The monoisotopic (exact) mass is 353 g/mol. The SMILES string of the molecule is COc1ccc(NC(=O)NCC(c2cccs2)N(C)C)cc1Cl. The summed E-state index contributed by atoms with van der Waals surface area (Å²) in [5.41, 5.74) is 0.617. The van der Waals surface area contributed by atoms with Crippen LogP contribution in [-0.4, -0.2) is 38.7 Å². The molecule has 2 amide bonds. The van der Waals surface area contributed by atoms with Gasteiger partial charge in [-0.05, 0) is 43.7 Å². The highest BCUT2D eigenvalue weighted by Crippen LogP contribution is 2.27. The highest BCUT2D eigenvalue weighted by Gasteiger charge is 2.16. The van der Waals surface area contributed by atoms with Gasteiger partial charge >= 0.3 is 6.03 Å². The Kier molecular flexibility index (Phi) is 6.27. The average Bonchev–Trinajstić information content (AvgIpc) is 3.01. The van der Waals surface area contributed by atoms with Crippen LogP contribution in [0.1, 0.15) is 10.9 Å². The van der Waals surface area contributed by atoms with Gasteiger partial charge in [0.15, 0.2) is 0 Å². The summed E-state index contributed by atoms with van der Waals surface area (Å²) in [6.45, 7) is 0.517. The number of amides is 2. The largest absolute Gasteiger partial charge is 0.495 e. The van der Waals surface area contributed by atoms with E-state index in [1.54, 1.807) is 36.6 Å². The highest BCUT2D eigenvalue weighted by atomic mass is 35.5. The molecule has 0 spiro atoms. The van der Waals surface area contributed by atoms with Gasteiger partial charge in [-0.2, -0.15) is 0 Å². The molecule has 1 unspecified atom stereocenters. The third kappa shape index (κ3) is 4.86. The van der Waals surface area contributed by atoms with E-state index in [-0.39, 0.29) is 12.1 Å². The number of likely N-dealkylation sites (N-methyl/N-ethyl adjacent to an activating group) is 1. The van der Waals surface area contributed by atoms with Crippen molar-refractivity contribution in [2.75, 3.05) is 33.1 Å². The molecule has 7 heteroatoms. The zero-order valence-corrected chi connectivity index (χ0v) is 14.9. The Morgan fingerprint density at radius 3 is 2.74 bits per heavy atom. The molecule has 124 valence electrons. The Balaban J connectivity index is 1.93. The second-order valence-corrected chi connectivity index (χ2v) is 6.57. The van der Waals surface area contributed by atoms with Crippen LogP contribution in [0.2, 0.25) is 5.02 Å². The summed E-state index contributed by atoms with van der Waals surface area (Å²) in [4.78, 5) is 15.4. The molecule has 5 nitrogen and oxygen atoms in total. The number of carbonyl (C=O) groups is 1. The Bertz CT molecular complexity index is 647. The molecular weight excluding hydrogens is 334 g/mol. The van der Waals surface area contributed by atoms with Crippen LogP contribution >= 0.6 is 22.9 Å². The highest BCUT2D eigenvalue weighted by molar-refractivity contribution is 7.10. The number of benzene rings is 1. The molecule has 0 bridgehead atoms. The molecule has 0 aliphatic heterocycles. The van der Waals surface area contributed by atoms with Crippen molar-refractivity contribution in [3.63, 3.8) is 0 Å². The van der Waals surface area contributed by atoms with E-state index < -0.39 is 0 Å². The summed E-state index contributed by atoms with van der Waals surface area (Å²) in [5.74, 6) is 0.572. The number of anilines is 1. The number of carbonyl (C=O) groups excluding carboxylic acids is 1. The normalized spacial score (nSPS) is 12.0. The minimum Gasteiger partial charge on any atom is -0.495 e. The molecule has 0 aliphatic carbocycles. The molecule has 2 N–H and O–H groups in total. The zero-order valence-electron chi connectivity index (χ0n) is 13.3. The Morgan fingerprint density at radius 2 is 2.17 bits per heavy atom. The van der Waals surface area contributed by atoms with Crippen molar-refractivity contribution in [2.45, 2.75) is 6.04 Å². The summed E-state index contributed by atoms with van der Waals surface area (Å²) in [7, 11) is 5.54. The first-order chi connectivity index (χ1) is 11.0. The lowest BCUT2D eigenvalue weighted by Gasteiger charge is -2.23. The van der Waals surface area contributed by atoms with Gasteiger partial charge in [0.05, 0.1) is 18.2 Å². The van der Waals surface area contributed by atoms with Crippen molar-refractivity contribution in [2.24, 2.45) is 0 Å². The fraction of sp³-hybridized carbons (Fsp3) is 0.312. The average molecular weight is 354 g/mol. The first-order valence-electron chi connectivity index (χ1n) is 7.09. The maximum absolute atomic E-state index is 12.1. The number of urea groups is 1. The minimum absolute atomic E-state index is 0.139. The minimum atomic E-state index is -0.269. The van der Waals surface area contributed by atoms with E-state index >= 15 is 0 Å². The van der Waals surface area contributed by atoms with Crippen molar-refractivity contribution < 1.29 is 9.53 Å². The number of nitrogens with zero attached hydrogens (tertiary/aromatic N) is 1. The first kappa shape index (κ1) is 17.6. The van der Waals surface area contributed by atoms with E-state index in [1.165, 1.54) is 4.88 Å². The predicted octanol–water partition coefficient (Wildman–Crippen LogP) is 3.83. The van der Waals surface area contributed by atoms with Crippen LogP contribution < -0.4 is 15.4 Å². The van der Waals surface area contributed by atoms with Crippen molar-refractivity contribution in [1.29, 1.82) is 0 Å². The maximum Gasteiger partial charge on any atom is 0.319 e. The lowest BCUT2D eigenvalue weighted by Crippen LogP contribution is -2.36. The number of ether oxygens (including phenoxy) is 1. The molecule has 1 atom stereocenters. The van der Waals surface area contributed by atoms with E-state index in [9.17, 15) is 4.79 Å². The molecule has 2 aromatic rings. The lowest BCUT2D eigenvalue weighted by molar-refractivity contribution is 0.244. The molecular formula is C16H20ClN3O2S. The second kappa shape index (κ2) is 8.19. The number of hydrogen-bond acceptors (Lipinski definition) is 4. The van der Waals surface area contributed by atoms with Gasteiger partial charge in [0.1, 0.15) is 5.75 Å². The van der Waals surface area contributed by atoms with Crippen molar-refractivity contribution in [1.82, 2.24) is 10.2 Å². The van der Waals surface area contributed by atoms with Gasteiger partial charge in [-0.25, -0.2) is 4.79 Å². The zero-order chi connectivity index (χ0) is 16.8. The quantitative estimate of drug-likeness (QED) is 0.829. The van der Waals surface area contributed by atoms with Crippen LogP contribution in [0.5, 0.6) is 5.75 Å². The van der Waals surface area contributed by atoms with Crippen LogP contribution in [0, 0.1) is 0 Å². The predicted molar refractivity (Wildman–Crippen MR) is 95.8 cm³/mol. The summed E-state index contributed by atoms with van der Waals surface area (Å²) < 4.78 is 5.09. The molecule has 1 aromatic carbocycles. The second-order valence-electron chi connectivity index (χ2n) is 5.18. The van der Waals surface area contributed by atoms with E-state index in [1.807, 2.05) is 25.5 Å². The number of rotatable bonds is 6. The van der Waals surface area contributed by atoms with Gasteiger partial charge in [-0.15, -0.1) is 11.3 Å². The number of thiophene rings is 1. The third-order valence-corrected chi connectivity index (χ3v) is 4.63. The van der Waals surface area contributed by atoms with E-state index in [0.29, 0.717) is 23.0 Å². The van der Waals surface area contributed by atoms with Gasteiger partial charge in [0.25, 0.3) is 0 Å². The molecule has 1 aromatic heterocycles. The van der Waals surface area contributed by atoms with Crippen LogP contribution in [0.25, 0.3) is 0 Å². The Morgan fingerprint density at radius 1 is 1.39 bits per heavy atom. The molecule has 0 radical (unpaired) electrons. The molecule has 2 rings (SSSR count). The number of nitrogens with one attached hydrogen (secondary N) is 2. The molecule has 1 heterocycles. The van der Waals surface area contributed by atoms with Gasteiger partial charge in [-0.3, -0.25) is 0 Å². The first-order valence-corrected chi connectivity index (χ1v) is 8.35.